The predicted octanol–water partition coefficient (Wildman–Crippen LogP) is 2.90. The van der Waals surface area contributed by atoms with Crippen molar-refractivity contribution in [2.24, 2.45) is 0 Å². The van der Waals surface area contributed by atoms with Gasteiger partial charge in [0.05, 0.1) is 23.5 Å². The smallest absolute Gasteiger partial charge is 0.333 e. The number of anilines is 1. The number of benzene rings is 1. The molecule has 0 unspecified atom stereocenters. The number of nitrogens with zero attached hydrogens (tertiary/aromatic N) is 1. The summed E-state index contributed by atoms with van der Waals surface area (Å²) in [5.41, 5.74) is 1.87. The molecule has 1 aliphatic rings. The van der Waals surface area contributed by atoms with Gasteiger partial charge in [-0.15, -0.1) is 0 Å². The SMILES string of the molecule is CCOC(=O)/C=C1\SCC(=O)N1CC(=O)Nc1ccc(C(C)(C)C)cc1. The van der Waals surface area contributed by atoms with Gasteiger partial charge in [-0.1, -0.05) is 44.7 Å². The Morgan fingerprint density at radius 2 is 1.92 bits per heavy atom. The van der Waals surface area contributed by atoms with Crippen LogP contribution in [-0.4, -0.2) is 41.6 Å². The Hall–Kier alpha value is -2.28. The molecule has 1 N–H and O–H groups in total. The molecule has 1 heterocycles. The Morgan fingerprint density at radius 1 is 1.27 bits per heavy atom. The Kier molecular flexibility index (Phi) is 6.47. The Bertz CT molecular complexity index is 720. The quantitative estimate of drug-likeness (QED) is 0.632. The van der Waals surface area contributed by atoms with Crippen LogP contribution in [0.1, 0.15) is 33.3 Å². The first-order valence-corrected chi connectivity index (χ1v) is 9.41. The summed E-state index contributed by atoms with van der Waals surface area (Å²) >= 11 is 1.22. The van der Waals surface area contributed by atoms with Crippen molar-refractivity contribution >= 4 is 35.2 Å². The fraction of sp³-hybridized carbons (Fsp3) is 0.421. The molecule has 7 heteroatoms. The van der Waals surface area contributed by atoms with E-state index in [1.807, 2.05) is 24.3 Å². The van der Waals surface area contributed by atoms with E-state index in [4.69, 9.17) is 4.74 Å². The topological polar surface area (TPSA) is 75.7 Å². The molecule has 1 aromatic carbocycles. The van der Waals surface area contributed by atoms with Crippen LogP contribution in [0.5, 0.6) is 0 Å². The van der Waals surface area contributed by atoms with Gasteiger partial charge in [0, 0.05) is 5.69 Å². The van der Waals surface area contributed by atoms with Gasteiger partial charge in [0.2, 0.25) is 11.8 Å². The van der Waals surface area contributed by atoms with E-state index in [1.165, 1.54) is 28.3 Å². The van der Waals surface area contributed by atoms with Crippen molar-refractivity contribution in [3.63, 3.8) is 0 Å². The van der Waals surface area contributed by atoms with Crippen molar-refractivity contribution in [1.29, 1.82) is 0 Å². The minimum atomic E-state index is -0.520. The van der Waals surface area contributed by atoms with Crippen molar-refractivity contribution in [1.82, 2.24) is 4.90 Å². The second kappa shape index (κ2) is 8.40. The molecule has 2 rings (SSSR count). The number of carbonyl (C=O) groups excluding carboxylic acids is 3. The van der Waals surface area contributed by atoms with Crippen molar-refractivity contribution in [3.8, 4) is 0 Å². The molecule has 6 nitrogen and oxygen atoms in total. The summed E-state index contributed by atoms with van der Waals surface area (Å²) in [6.45, 7) is 8.18. The third-order valence-electron chi connectivity index (χ3n) is 3.77. The molecule has 26 heavy (non-hydrogen) atoms. The molecule has 140 valence electrons. The fourth-order valence-electron chi connectivity index (χ4n) is 2.38. The summed E-state index contributed by atoms with van der Waals surface area (Å²) in [6, 6.07) is 7.62. The van der Waals surface area contributed by atoms with Crippen molar-refractivity contribution < 1.29 is 19.1 Å². The van der Waals surface area contributed by atoms with Gasteiger partial charge in [0.25, 0.3) is 0 Å². The molecule has 0 saturated carbocycles. The highest BCUT2D eigenvalue weighted by molar-refractivity contribution is 8.04. The molecule has 0 atom stereocenters. The van der Waals surface area contributed by atoms with Gasteiger partial charge in [0.1, 0.15) is 6.54 Å². The molecular formula is C19H24N2O4S. The zero-order chi connectivity index (χ0) is 19.3. The lowest BCUT2D eigenvalue weighted by atomic mass is 9.87. The standard InChI is InChI=1S/C19H24N2O4S/c1-5-25-18(24)10-17-21(16(23)12-26-17)11-15(22)20-14-8-6-13(7-9-14)19(2,3)4/h6-10H,5,11-12H2,1-4H3,(H,20,22)/b17-10-. The van der Waals surface area contributed by atoms with Gasteiger partial charge in [-0.3, -0.25) is 14.5 Å². The molecule has 0 bridgehead atoms. The molecule has 1 aromatic rings. The number of hydrogen-bond acceptors (Lipinski definition) is 5. The highest BCUT2D eigenvalue weighted by Gasteiger charge is 2.29. The number of nitrogens with one attached hydrogen (secondary N) is 1. The number of amides is 2. The summed E-state index contributed by atoms with van der Waals surface area (Å²) in [6.07, 6.45) is 1.25. The second-order valence-electron chi connectivity index (χ2n) is 6.88. The maximum atomic E-state index is 12.3. The maximum Gasteiger partial charge on any atom is 0.333 e. The largest absolute Gasteiger partial charge is 0.463 e. The molecule has 1 aliphatic heterocycles. The molecule has 1 saturated heterocycles. The van der Waals surface area contributed by atoms with E-state index in [-0.39, 0.29) is 36.1 Å². The minimum Gasteiger partial charge on any atom is -0.463 e. The van der Waals surface area contributed by atoms with Crippen LogP contribution in [0.4, 0.5) is 5.69 Å². The summed E-state index contributed by atoms with van der Waals surface area (Å²) in [7, 11) is 0. The zero-order valence-electron chi connectivity index (χ0n) is 15.5. The Labute approximate surface area is 158 Å². The van der Waals surface area contributed by atoms with E-state index in [2.05, 4.69) is 26.1 Å². The number of esters is 1. The highest BCUT2D eigenvalue weighted by atomic mass is 32.2. The van der Waals surface area contributed by atoms with E-state index in [9.17, 15) is 14.4 Å². The average Bonchev–Trinajstić information content (AvgIpc) is 2.88. The molecule has 0 aromatic heterocycles. The summed E-state index contributed by atoms with van der Waals surface area (Å²) < 4.78 is 4.86. The number of carbonyl (C=O) groups is 3. The molecule has 0 spiro atoms. The van der Waals surface area contributed by atoms with E-state index < -0.39 is 5.97 Å². The Balaban J connectivity index is 2.01. The van der Waals surface area contributed by atoms with Crippen molar-refractivity contribution in [2.45, 2.75) is 33.1 Å². The van der Waals surface area contributed by atoms with Gasteiger partial charge >= 0.3 is 5.97 Å². The van der Waals surface area contributed by atoms with Crippen LogP contribution >= 0.6 is 11.8 Å². The van der Waals surface area contributed by atoms with Crippen LogP contribution in [0.2, 0.25) is 0 Å². The lowest BCUT2D eigenvalue weighted by Crippen LogP contribution is -2.34. The summed E-state index contributed by atoms with van der Waals surface area (Å²) in [4.78, 5) is 37.2. The lowest BCUT2D eigenvalue weighted by molar-refractivity contribution is -0.137. The molecule has 1 fully saturated rings. The van der Waals surface area contributed by atoms with Crippen LogP contribution in [0, 0.1) is 0 Å². The summed E-state index contributed by atoms with van der Waals surface area (Å²) in [5, 5.41) is 3.22. The van der Waals surface area contributed by atoms with Crippen LogP contribution in [0.3, 0.4) is 0 Å². The molecule has 0 radical (unpaired) electrons. The van der Waals surface area contributed by atoms with Crippen LogP contribution in [-0.2, 0) is 24.5 Å². The fourth-order valence-corrected chi connectivity index (χ4v) is 3.31. The second-order valence-corrected chi connectivity index (χ2v) is 7.87. The monoisotopic (exact) mass is 376 g/mol. The maximum absolute atomic E-state index is 12.3. The number of thioether (sulfide) groups is 1. The van der Waals surface area contributed by atoms with Crippen LogP contribution in [0.25, 0.3) is 0 Å². The Morgan fingerprint density at radius 3 is 2.50 bits per heavy atom. The predicted molar refractivity (Wildman–Crippen MR) is 103 cm³/mol. The summed E-state index contributed by atoms with van der Waals surface area (Å²) in [5.74, 6) is -0.838. The lowest BCUT2D eigenvalue weighted by Gasteiger charge is -2.20. The number of rotatable bonds is 5. The molecule has 2 amide bonds. The van der Waals surface area contributed by atoms with Crippen molar-refractivity contribution in [2.75, 3.05) is 24.2 Å². The average molecular weight is 376 g/mol. The van der Waals surface area contributed by atoms with E-state index in [1.54, 1.807) is 6.92 Å². The van der Waals surface area contributed by atoms with E-state index >= 15 is 0 Å². The number of hydrogen-bond donors (Lipinski definition) is 1. The zero-order valence-corrected chi connectivity index (χ0v) is 16.3. The van der Waals surface area contributed by atoms with Gasteiger partial charge < -0.3 is 10.1 Å². The first-order chi connectivity index (χ1) is 12.2. The molecule has 0 aliphatic carbocycles. The minimum absolute atomic E-state index is 0.0362. The van der Waals surface area contributed by atoms with Crippen LogP contribution in [0.15, 0.2) is 35.4 Å². The normalized spacial score (nSPS) is 16.1. The first-order valence-electron chi connectivity index (χ1n) is 8.42. The van der Waals surface area contributed by atoms with Gasteiger partial charge in [0.15, 0.2) is 0 Å². The van der Waals surface area contributed by atoms with Gasteiger partial charge in [-0.25, -0.2) is 4.79 Å². The third-order valence-corrected chi connectivity index (χ3v) is 4.80. The van der Waals surface area contributed by atoms with E-state index in [0.717, 1.165) is 0 Å². The highest BCUT2D eigenvalue weighted by Crippen LogP contribution is 2.29. The van der Waals surface area contributed by atoms with Crippen molar-refractivity contribution in [3.05, 3.63) is 40.9 Å². The van der Waals surface area contributed by atoms with Gasteiger partial charge in [-0.05, 0) is 30.0 Å². The van der Waals surface area contributed by atoms with Gasteiger partial charge in [-0.2, -0.15) is 0 Å². The number of ether oxygens (including phenoxy) is 1. The van der Waals surface area contributed by atoms with E-state index in [0.29, 0.717) is 10.7 Å². The molecular weight excluding hydrogens is 352 g/mol. The third kappa shape index (κ3) is 5.36. The van der Waals surface area contributed by atoms with Crippen LogP contribution < -0.4 is 5.32 Å². The first kappa shape index (κ1) is 20.0.